The SMILES string of the molecule is C1=CCC=C1.[OH][Mn]([OH])[OH]. The summed E-state index contributed by atoms with van der Waals surface area (Å²) in [6, 6.07) is 0. The molecule has 0 spiro atoms. The van der Waals surface area contributed by atoms with Crippen LogP contribution in [-0.2, 0) is 14.9 Å². The molecule has 0 heterocycles. The average molecular weight is 172 g/mol. The van der Waals surface area contributed by atoms with Gasteiger partial charge in [-0.1, -0.05) is 24.3 Å². The predicted molar refractivity (Wildman–Crippen MR) is 29.6 cm³/mol. The second kappa shape index (κ2) is 6.01. The zero-order valence-electron chi connectivity index (χ0n) is 4.74. The topological polar surface area (TPSA) is 60.7 Å². The Bertz CT molecular complexity index is 96.0. The van der Waals surface area contributed by atoms with Gasteiger partial charge >= 0.3 is 27.5 Å². The summed E-state index contributed by atoms with van der Waals surface area (Å²) in [7, 11) is 0. The molecule has 3 nitrogen and oxygen atoms in total. The molecule has 54 valence electrons. The molecule has 0 bridgehead atoms. The van der Waals surface area contributed by atoms with Crippen LogP contribution in [0.15, 0.2) is 24.3 Å². The Morgan fingerprint density at radius 2 is 1.33 bits per heavy atom. The van der Waals surface area contributed by atoms with Crippen molar-refractivity contribution >= 4 is 0 Å². The predicted octanol–water partition coefficient (Wildman–Crippen LogP) is -0.171. The summed E-state index contributed by atoms with van der Waals surface area (Å²) in [6.07, 6.45) is 9.50. The average Bonchev–Trinajstić information content (AvgIpc) is 2.11. The van der Waals surface area contributed by atoms with Crippen LogP contribution >= 0.6 is 0 Å². The Morgan fingerprint density at radius 3 is 1.44 bits per heavy atom. The minimum atomic E-state index is -2.90. The van der Waals surface area contributed by atoms with E-state index in [1.54, 1.807) is 0 Å². The molecule has 0 unspecified atom stereocenters. The van der Waals surface area contributed by atoms with E-state index in [0.717, 1.165) is 6.42 Å². The molecule has 0 amide bonds. The van der Waals surface area contributed by atoms with Crippen molar-refractivity contribution < 1.29 is 27.5 Å². The van der Waals surface area contributed by atoms with Crippen molar-refractivity contribution in [3.63, 3.8) is 0 Å². The Morgan fingerprint density at radius 1 is 1.00 bits per heavy atom. The van der Waals surface area contributed by atoms with Crippen LogP contribution in [0.5, 0.6) is 0 Å². The van der Waals surface area contributed by atoms with Gasteiger partial charge in [-0.05, 0) is 6.42 Å². The zero-order valence-corrected chi connectivity index (χ0v) is 5.92. The van der Waals surface area contributed by atoms with Crippen molar-refractivity contribution in [3.05, 3.63) is 24.3 Å². The van der Waals surface area contributed by atoms with Gasteiger partial charge in [-0.15, -0.1) is 0 Å². The fourth-order valence-electron chi connectivity index (χ4n) is 0.393. The summed E-state index contributed by atoms with van der Waals surface area (Å²) in [5, 5.41) is 0. The van der Waals surface area contributed by atoms with Crippen molar-refractivity contribution in [1.82, 2.24) is 0 Å². The van der Waals surface area contributed by atoms with Crippen molar-refractivity contribution in [2.75, 3.05) is 0 Å². The van der Waals surface area contributed by atoms with Gasteiger partial charge < -0.3 is 0 Å². The molecule has 0 fully saturated rings. The van der Waals surface area contributed by atoms with Crippen molar-refractivity contribution in [2.45, 2.75) is 6.42 Å². The molecule has 1 aliphatic carbocycles. The van der Waals surface area contributed by atoms with Gasteiger partial charge in [0.2, 0.25) is 0 Å². The Hall–Kier alpha value is -0.121. The van der Waals surface area contributed by atoms with E-state index in [0.29, 0.717) is 0 Å². The summed E-state index contributed by atoms with van der Waals surface area (Å²) >= 11 is -2.90. The standard InChI is InChI=1S/C5H6.Mn.3H2O/c1-2-4-5-3-1;;;;/h1-4H,5H2;;3*1H2/q;+3;;;/p-3. The van der Waals surface area contributed by atoms with Crippen LogP contribution in [0.1, 0.15) is 6.42 Å². The second-order valence-corrected chi connectivity index (χ2v) is 2.03. The van der Waals surface area contributed by atoms with Crippen LogP contribution in [0.25, 0.3) is 0 Å². The van der Waals surface area contributed by atoms with Crippen LogP contribution in [0.2, 0.25) is 0 Å². The monoisotopic (exact) mass is 172 g/mol. The molecule has 0 atom stereocenters. The first-order valence-electron chi connectivity index (χ1n) is 2.32. The summed E-state index contributed by atoms with van der Waals surface area (Å²) < 4.78 is 21.8. The Balaban J connectivity index is 0.000000148. The minimum absolute atomic E-state index is 1.14. The maximum atomic E-state index is 7.27. The van der Waals surface area contributed by atoms with Gasteiger partial charge in [0.05, 0.1) is 0 Å². The third-order valence-electron chi connectivity index (χ3n) is 0.655. The molecule has 0 saturated heterocycles. The van der Waals surface area contributed by atoms with Gasteiger partial charge in [0.1, 0.15) is 0 Å². The second-order valence-electron chi connectivity index (χ2n) is 1.32. The Kier molecular flexibility index (Phi) is 5.93. The normalized spacial score (nSPS) is 14.8. The number of allylic oxidation sites excluding steroid dienone is 4. The van der Waals surface area contributed by atoms with Gasteiger partial charge in [0.15, 0.2) is 0 Å². The summed E-state index contributed by atoms with van der Waals surface area (Å²) in [6.45, 7) is 0. The van der Waals surface area contributed by atoms with Crippen LogP contribution in [-0.4, -0.2) is 12.6 Å². The van der Waals surface area contributed by atoms with Crippen molar-refractivity contribution in [2.24, 2.45) is 0 Å². The van der Waals surface area contributed by atoms with Crippen LogP contribution in [0.4, 0.5) is 0 Å². The molecule has 0 saturated carbocycles. The summed E-state index contributed by atoms with van der Waals surface area (Å²) in [5.41, 5.74) is 0. The fraction of sp³-hybridized carbons (Fsp3) is 0.200. The maximum absolute atomic E-state index is 7.27. The molecule has 1 aliphatic rings. The molecular formula is C5H9MnO3. The van der Waals surface area contributed by atoms with E-state index in [9.17, 15) is 0 Å². The molecular weight excluding hydrogens is 163 g/mol. The van der Waals surface area contributed by atoms with E-state index < -0.39 is 14.9 Å². The van der Waals surface area contributed by atoms with Crippen LogP contribution in [0.3, 0.4) is 0 Å². The van der Waals surface area contributed by atoms with E-state index in [2.05, 4.69) is 24.3 Å². The van der Waals surface area contributed by atoms with E-state index in [-0.39, 0.29) is 0 Å². The molecule has 9 heavy (non-hydrogen) atoms. The van der Waals surface area contributed by atoms with Crippen LogP contribution in [0, 0.1) is 0 Å². The first kappa shape index (κ1) is 8.88. The van der Waals surface area contributed by atoms with Gasteiger partial charge in [-0.3, -0.25) is 0 Å². The third kappa shape index (κ3) is 11.4. The third-order valence-corrected chi connectivity index (χ3v) is 0.655. The van der Waals surface area contributed by atoms with Gasteiger partial charge in [0, 0.05) is 0 Å². The Labute approximate surface area is 58.8 Å². The van der Waals surface area contributed by atoms with Gasteiger partial charge in [0.25, 0.3) is 0 Å². The molecule has 0 aliphatic heterocycles. The van der Waals surface area contributed by atoms with E-state index >= 15 is 0 Å². The molecule has 0 aromatic heterocycles. The summed E-state index contributed by atoms with van der Waals surface area (Å²) in [5.74, 6) is 0. The molecule has 0 radical (unpaired) electrons. The molecule has 0 aromatic carbocycles. The summed E-state index contributed by atoms with van der Waals surface area (Å²) in [4.78, 5) is 0. The van der Waals surface area contributed by atoms with Crippen molar-refractivity contribution in [3.8, 4) is 0 Å². The van der Waals surface area contributed by atoms with E-state index in [1.165, 1.54) is 0 Å². The van der Waals surface area contributed by atoms with Crippen molar-refractivity contribution in [1.29, 1.82) is 0 Å². The number of hydrogen-bond acceptors (Lipinski definition) is 3. The van der Waals surface area contributed by atoms with Gasteiger partial charge in [-0.2, -0.15) is 0 Å². The first-order chi connectivity index (χ1) is 4.23. The zero-order chi connectivity index (χ0) is 7.11. The quantitative estimate of drug-likeness (QED) is 0.444. The number of hydrogen-bond donors (Lipinski definition) is 3. The van der Waals surface area contributed by atoms with E-state index in [1.807, 2.05) is 0 Å². The number of rotatable bonds is 0. The molecule has 4 heteroatoms. The molecule has 3 N–H and O–H groups in total. The van der Waals surface area contributed by atoms with Crippen LogP contribution < -0.4 is 0 Å². The van der Waals surface area contributed by atoms with Gasteiger partial charge in [-0.25, -0.2) is 0 Å². The van der Waals surface area contributed by atoms with E-state index in [4.69, 9.17) is 12.6 Å². The fourth-order valence-corrected chi connectivity index (χ4v) is 0.393. The molecule has 1 rings (SSSR count). The molecule has 0 aromatic rings. The first-order valence-corrected chi connectivity index (χ1v) is 3.91.